The minimum absolute atomic E-state index is 0.00638. The van der Waals surface area contributed by atoms with Gasteiger partial charge in [0.25, 0.3) is 0 Å². The van der Waals surface area contributed by atoms with Gasteiger partial charge in [-0.1, -0.05) is 6.92 Å². The summed E-state index contributed by atoms with van der Waals surface area (Å²) in [4.78, 5) is 0. The van der Waals surface area contributed by atoms with Crippen molar-refractivity contribution in [1.82, 2.24) is 0 Å². The average molecular weight is 203 g/mol. The van der Waals surface area contributed by atoms with Gasteiger partial charge in [0.1, 0.15) is 0 Å². The van der Waals surface area contributed by atoms with Crippen LogP contribution in [0.1, 0.15) is 13.3 Å². The van der Waals surface area contributed by atoms with E-state index in [1.165, 1.54) is 0 Å². The lowest BCUT2D eigenvalue weighted by Gasteiger charge is -2.38. The molecule has 83 valence electrons. The second-order valence-electron chi connectivity index (χ2n) is 3.61. The Kier molecular flexibility index (Phi) is 4.81. The molecule has 0 bridgehead atoms. The molecule has 4 atom stereocenters. The number of hydrogen-bond donors (Lipinski definition) is 2. The van der Waals surface area contributed by atoms with Crippen molar-refractivity contribution in [2.45, 2.75) is 31.7 Å². The summed E-state index contributed by atoms with van der Waals surface area (Å²) in [6, 6.07) is 0. The molecule has 1 aliphatic heterocycles. The van der Waals surface area contributed by atoms with Crippen LogP contribution in [0, 0.1) is 12.3 Å². The van der Waals surface area contributed by atoms with Crippen LogP contribution in [-0.2, 0) is 9.47 Å². The highest BCUT2D eigenvalue weighted by Crippen LogP contribution is 2.27. The first kappa shape index (κ1) is 11.9. The Morgan fingerprint density at radius 1 is 1.50 bits per heavy atom. The third-order valence-corrected chi connectivity index (χ3v) is 2.66. The summed E-state index contributed by atoms with van der Waals surface area (Å²) in [5.74, 6) is -0.00638. The molecule has 1 heterocycles. The van der Waals surface area contributed by atoms with E-state index in [0.717, 1.165) is 6.42 Å². The van der Waals surface area contributed by atoms with E-state index in [2.05, 4.69) is 0 Å². The summed E-state index contributed by atoms with van der Waals surface area (Å²) < 4.78 is 10.5. The highest BCUT2D eigenvalue weighted by atomic mass is 16.5. The minimum Gasteiger partial charge on any atom is -0.394 e. The van der Waals surface area contributed by atoms with E-state index in [1.807, 2.05) is 6.92 Å². The summed E-state index contributed by atoms with van der Waals surface area (Å²) in [5.41, 5.74) is 0. The van der Waals surface area contributed by atoms with Gasteiger partial charge in [0.15, 0.2) is 0 Å². The van der Waals surface area contributed by atoms with Gasteiger partial charge in [-0.3, -0.25) is 0 Å². The lowest BCUT2D eigenvalue weighted by atomic mass is 9.87. The number of aliphatic hydroxyl groups is 2. The van der Waals surface area contributed by atoms with Crippen LogP contribution in [0.4, 0.5) is 0 Å². The predicted octanol–water partition coefficient (Wildman–Crippen LogP) is -0.0161. The minimum atomic E-state index is -0.508. The summed E-state index contributed by atoms with van der Waals surface area (Å²) in [5, 5.41) is 18.9. The van der Waals surface area contributed by atoms with Gasteiger partial charge < -0.3 is 19.7 Å². The monoisotopic (exact) mass is 203 g/mol. The van der Waals surface area contributed by atoms with Gasteiger partial charge in [0.2, 0.25) is 0 Å². The first-order chi connectivity index (χ1) is 6.72. The Bertz CT molecular complexity index is 162. The summed E-state index contributed by atoms with van der Waals surface area (Å²) >= 11 is 0. The molecule has 2 N–H and O–H groups in total. The molecule has 0 aromatic rings. The maximum atomic E-state index is 9.77. The number of rotatable bonds is 4. The summed E-state index contributed by atoms with van der Waals surface area (Å²) in [6.45, 7) is 2.35. The second kappa shape index (κ2) is 5.66. The van der Waals surface area contributed by atoms with Gasteiger partial charge in [-0.05, 0) is 6.42 Å². The largest absolute Gasteiger partial charge is 0.394 e. The molecular formula is C10H19O4. The fourth-order valence-electron chi connectivity index (χ4n) is 1.90. The molecule has 1 fully saturated rings. The molecular weight excluding hydrogens is 184 g/mol. The molecule has 0 spiro atoms. The zero-order valence-corrected chi connectivity index (χ0v) is 8.72. The number of hydrogen-bond acceptors (Lipinski definition) is 4. The molecule has 14 heavy (non-hydrogen) atoms. The second-order valence-corrected chi connectivity index (χ2v) is 3.61. The van der Waals surface area contributed by atoms with Gasteiger partial charge >= 0.3 is 0 Å². The molecule has 0 amide bonds. The number of aliphatic hydroxyl groups excluding tert-OH is 2. The molecule has 4 heteroatoms. The molecule has 4 nitrogen and oxygen atoms in total. The van der Waals surface area contributed by atoms with Crippen molar-refractivity contribution in [2.75, 3.05) is 20.3 Å². The molecule has 0 aromatic carbocycles. The zero-order valence-electron chi connectivity index (χ0n) is 8.72. The lowest BCUT2D eigenvalue weighted by Crippen LogP contribution is -2.47. The van der Waals surface area contributed by atoms with Crippen molar-refractivity contribution < 1.29 is 19.7 Å². The Morgan fingerprint density at radius 2 is 2.21 bits per heavy atom. The maximum Gasteiger partial charge on any atom is 0.0870 e. The van der Waals surface area contributed by atoms with Gasteiger partial charge in [-0.25, -0.2) is 0 Å². The standard InChI is InChI=1S/C10H19O4/c1-3-8-9(12)4-7(6-13-2)14-10(8)5-11/h4,7-12H,3,5-6H2,1-2H3. The third kappa shape index (κ3) is 2.67. The predicted molar refractivity (Wildman–Crippen MR) is 51.7 cm³/mol. The van der Waals surface area contributed by atoms with Crippen LogP contribution in [0.2, 0.25) is 0 Å². The van der Waals surface area contributed by atoms with Crippen molar-refractivity contribution in [2.24, 2.45) is 5.92 Å². The summed E-state index contributed by atoms with van der Waals surface area (Å²) in [7, 11) is 1.59. The van der Waals surface area contributed by atoms with Crippen molar-refractivity contribution >= 4 is 0 Å². The van der Waals surface area contributed by atoms with E-state index in [9.17, 15) is 5.11 Å². The average Bonchev–Trinajstić information content (AvgIpc) is 2.17. The van der Waals surface area contributed by atoms with Crippen LogP contribution in [-0.4, -0.2) is 48.8 Å². The fourth-order valence-corrected chi connectivity index (χ4v) is 1.90. The highest BCUT2D eigenvalue weighted by Gasteiger charge is 2.36. The van der Waals surface area contributed by atoms with Gasteiger partial charge in [0, 0.05) is 19.4 Å². The van der Waals surface area contributed by atoms with Crippen molar-refractivity contribution in [3.8, 4) is 0 Å². The normalized spacial score (nSPS) is 38.6. The Labute approximate surface area is 84.8 Å². The first-order valence-electron chi connectivity index (χ1n) is 5.01. The molecule has 4 unspecified atom stereocenters. The molecule has 0 aromatic heterocycles. The lowest BCUT2D eigenvalue weighted by molar-refractivity contribution is -0.134. The van der Waals surface area contributed by atoms with Crippen LogP contribution in [0.5, 0.6) is 0 Å². The van der Waals surface area contributed by atoms with Crippen molar-refractivity contribution in [3.05, 3.63) is 6.42 Å². The molecule has 1 rings (SSSR count). The van der Waals surface area contributed by atoms with Crippen LogP contribution in [0.3, 0.4) is 0 Å². The fraction of sp³-hybridized carbons (Fsp3) is 0.900. The van der Waals surface area contributed by atoms with Gasteiger partial charge in [-0.15, -0.1) is 0 Å². The zero-order chi connectivity index (χ0) is 10.6. The van der Waals surface area contributed by atoms with Gasteiger partial charge in [-0.2, -0.15) is 0 Å². The Hall–Kier alpha value is -0.160. The summed E-state index contributed by atoms with van der Waals surface area (Å²) in [6.07, 6.45) is 1.54. The van der Waals surface area contributed by atoms with E-state index in [0.29, 0.717) is 6.61 Å². The molecule has 0 aliphatic carbocycles. The quantitative estimate of drug-likeness (QED) is 0.674. The Balaban J connectivity index is 2.53. The molecule has 0 saturated carbocycles. The Morgan fingerprint density at radius 3 is 2.71 bits per heavy atom. The van der Waals surface area contributed by atoms with E-state index in [4.69, 9.17) is 14.6 Å². The molecule has 1 radical (unpaired) electrons. The van der Waals surface area contributed by atoms with Crippen LogP contribution in [0.25, 0.3) is 0 Å². The van der Waals surface area contributed by atoms with Crippen molar-refractivity contribution in [3.63, 3.8) is 0 Å². The topological polar surface area (TPSA) is 58.9 Å². The van der Waals surface area contributed by atoms with Crippen LogP contribution in [0.15, 0.2) is 0 Å². The molecule has 1 aliphatic rings. The van der Waals surface area contributed by atoms with Gasteiger partial charge in [0.05, 0.1) is 31.5 Å². The van der Waals surface area contributed by atoms with Crippen LogP contribution >= 0.6 is 0 Å². The van der Waals surface area contributed by atoms with E-state index >= 15 is 0 Å². The highest BCUT2D eigenvalue weighted by molar-refractivity contribution is 4.96. The van der Waals surface area contributed by atoms with Crippen molar-refractivity contribution in [1.29, 1.82) is 0 Å². The van der Waals surface area contributed by atoms with Crippen LogP contribution < -0.4 is 0 Å². The van der Waals surface area contributed by atoms with E-state index in [-0.39, 0.29) is 24.7 Å². The SMILES string of the molecule is CCC1C(O)[CH]C(COC)OC1CO. The smallest absolute Gasteiger partial charge is 0.0870 e. The molecule has 1 saturated heterocycles. The number of ether oxygens (including phenoxy) is 2. The third-order valence-electron chi connectivity index (χ3n) is 2.66. The maximum absolute atomic E-state index is 9.77. The number of methoxy groups -OCH3 is 1. The van der Waals surface area contributed by atoms with E-state index in [1.54, 1.807) is 13.5 Å². The van der Waals surface area contributed by atoms with E-state index < -0.39 is 6.10 Å². The first-order valence-corrected chi connectivity index (χ1v) is 5.01.